The van der Waals surface area contributed by atoms with Crippen molar-refractivity contribution in [3.8, 4) is 11.9 Å². The van der Waals surface area contributed by atoms with Crippen LogP contribution in [0.25, 0.3) is 0 Å². The summed E-state index contributed by atoms with van der Waals surface area (Å²) in [7, 11) is 1.48. The highest BCUT2D eigenvalue weighted by atomic mass is 19.1. The first-order valence-electron chi connectivity index (χ1n) is 9.55. The van der Waals surface area contributed by atoms with Crippen molar-refractivity contribution in [3.63, 3.8) is 0 Å². The molecule has 0 radical (unpaired) electrons. The molecule has 2 aromatic heterocycles. The van der Waals surface area contributed by atoms with Crippen LogP contribution in [-0.2, 0) is 0 Å². The fraction of sp³-hybridized carbons (Fsp3) is 0.400. The smallest absolute Gasteiger partial charge is 0.404 e. The summed E-state index contributed by atoms with van der Waals surface area (Å²) in [5, 5.41) is 26.9. The van der Waals surface area contributed by atoms with Gasteiger partial charge in [-0.3, -0.25) is 0 Å². The SMILES string of the molecule is COc1cc(Nc2nc(N[C@H](C3CCC3)[C@H](C)NC(=O)O)c(F)cc2C#N)ccn1. The molecule has 3 rings (SSSR count). The van der Waals surface area contributed by atoms with E-state index in [0.717, 1.165) is 25.3 Å². The first kappa shape index (κ1) is 21.1. The Labute approximate surface area is 173 Å². The van der Waals surface area contributed by atoms with Crippen LogP contribution in [0.15, 0.2) is 24.4 Å². The number of hydrogen-bond donors (Lipinski definition) is 4. The number of nitrogens with one attached hydrogen (secondary N) is 3. The number of methoxy groups -OCH3 is 1. The molecular formula is C20H23FN6O3. The van der Waals surface area contributed by atoms with E-state index in [0.29, 0.717) is 11.6 Å². The molecule has 0 unspecified atom stereocenters. The van der Waals surface area contributed by atoms with Gasteiger partial charge in [-0.15, -0.1) is 0 Å². The Kier molecular flexibility index (Phi) is 6.51. The van der Waals surface area contributed by atoms with Gasteiger partial charge in [0, 0.05) is 24.0 Å². The van der Waals surface area contributed by atoms with Crippen LogP contribution in [0.3, 0.4) is 0 Å². The second-order valence-corrected chi connectivity index (χ2v) is 7.14. The highest BCUT2D eigenvalue weighted by Gasteiger charge is 2.33. The predicted octanol–water partition coefficient (Wildman–Crippen LogP) is 3.48. The highest BCUT2D eigenvalue weighted by Crippen LogP contribution is 2.33. The molecule has 4 N–H and O–H groups in total. The van der Waals surface area contributed by atoms with Gasteiger partial charge in [-0.25, -0.2) is 19.2 Å². The van der Waals surface area contributed by atoms with Crippen LogP contribution in [-0.4, -0.2) is 40.4 Å². The number of nitriles is 1. The summed E-state index contributed by atoms with van der Waals surface area (Å²) < 4.78 is 19.8. The largest absolute Gasteiger partial charge is 0.481 e. The van der Waals surface area contributed by atoms with Crippen molar-refractivity contribution in [3.05, 3.63) is 35.8 Å². The molecule has 2 heterocycles. The van der Waals surface area contributed by atoms with Crippen LogP contribution in [0, 0.1) is 23.1 Å². The highest BCUT2D eigenvalue weighted by molar-refractivity contribution is 5.66. The summed E-state index contributed by atoms with van der Waals surface area (Å²) in [5.41, 5.74) is 0.602. The van der Waals surface area contributed by atoms with E-state index < -0.39 is 18.0 Å². The first-order valence-corrected chi connectivity index (χ1v) is 9.55. The number of nitrogens with zero attached hydrogens (tertiary/aromatic N) is 3. The van der Waals surface area contributed by atoms with Crippen molar-refractivity contribution in [1.29, 1.82) is 5.26 Å². The molecule has 1 aliphatic rings. The molecule has 30 heavy (non-hydrogen) atoms. The number of hydrogen-bond acceptors (Lipinski definition) is 7. The fourth-order valence-electron chi connectivity index (χ4n) is 3.40. The van der Waals surface area contributed by atoms with E-state index in [1.165, 1.54) is 13.3 Å². The van der Waals surface area contributed by atoms with E-state index in [2.05, 4.69) is 25.9 Å². The molecule has 9 nitrogen and oxygen atoms in total. The Morgan fingerprint density at radius 1 is 1.40 bits per heavy atom. The third-order valence-corrected chi connectivity index (χ3v) is 5.15. The number of pyridine rings is 2. The Morgan fingerprint density at radius 2 is 2.17 bits per heavy atom. The Morgan fingerprint density at radius 3 is 2.77 bits per heavy atom. The number of halogens is 1. The van der Waals surface area contributed by atoms with E-state index >= 15 is 0 Å². The Hall–Kier alpha value is -3.61. The standard InChI is InChI=1S/C20H23FN6O3/c1-11(24-20(28)29)17(12-4-3-5-12)26-19-15(21)8-13(10-22)18(27-19)25-14-6-7-23-16(9-14)30-2/h6-9,11-12,17,24H,3-5H2,1-2H3,(H,28,29)(H2,23,25,26,27)/t11-,17-/m0/s1. The van der Waals surface area contributed by atoms with Crippen LogP contribution in [0.1, 0.15) is 31.7 Å². The van der Waals surface area contributed by atoms with Gasteiger partial charge in [0.1, 0.15) is 6.07 Å². The molecule has 0 bridgehead atoms. The van der Waals surface area contributed by atoms with Gasteiger partial charge >= 0.3 is 6.09 Å². The van der Waals surface area contributed by atoms with Gasteiger partial charge in [-0.1, -0.05) is 6.42 Å². The molecule has 0 aromatic carbocycles. The van der Waals surface area contributed by atoms with E-state index in [-0.39, 0.29) is 29.2 Å². The van der Waals surface area contributed by atoms with Gasteiger partial charge in [-0.05, 0) is 37.8 Å². The minimum absolute atomic E-state index is 0.0331. The van der Waals surface area contributed by atoms with Crippen molar-refractivity contribution >= 4 is 23.4 Å². The molecular weight excluding hydrogens is 391 g/mol. The van der Waals surface area contributed by atoms with Gasteiger partial charge in [0.2, 0.25) is 5.88 Å². The maximum Gasteiger partial charge on any atom is 0.404 e. The molecule has 1 amide bonds. The molecule has 0 saturated heterocycles. The molecule has 10 heteroatoms. The third-order valence-electron chi connectivity index (χ3n) is 5.15. The van der Waals surface area contributed by atoms with Crippen LogP contribution >= 0.6 is 0 Å². The number of carboxylic acid groups (broad SMARTS) is 1. The fourth-order valence-corrected chi connectivity index (χ4v) is 3.40. The normalized spacial score (nSPS) is 15.3. The van der Waals surface area contributed by atoms with Crippen molar-refractivity contribution in [2.75, 3.05) is 17.7 Å². The second-order valence-electron chi connectivity index (χ2n) is 7.14. The second kappa shape index (κ2) is 9.26. The van der Waals surface area contributed by atoms with Gasteiger partial charge in [-0.2, -0.15) is 5.26 Å². The molecule has 2 atom stereocenters. The number of amides is 1. The van der Waals surface area contributed by atoms with Crippen LogP contribution in [0.5, 0.6) is 5.88 Å². The maximum atomic E-state index is 14.7. The van der Waals surface area contributed by atoms with Crippen molar-refractivity contribution in [2.24, 2.45) is 5.92 Å². The lowest BCUT2D eigenvalue weighted by Gasteiger charge is -2.38. The predicted molar refractivity (Wildman–Crippen MR) is 108 cm³/mol. The Balaban J connectivity index is 1.89. The topological polar surface area (TPSA) is 132 Å². The van der Waals surface area contributed by atoms with Crippen molar-refractivity contribution in [1.82, 2.24) is 15.3 Å². The summed E-state index contributed by atoms with van der Waals surface area (Å²) in [6.45, 7) is 1.73. The zero-order valence-electron chi connectivity index (χ0n) is 16.6. The first-order chi connectivity index (χ1) is 14.4. The zero-order valence-corrected chi connectivity index (χ0v) is 16.6. The number of ether oxygens (including phenoxy) is 1. The zero-order chi connectivity index (χ0) is 21.7. The summed E-state index contributed by atoms with van der Waals surface area (Å²) in [5.74, 6) is 0.00715. The number of anilines is 3. The van der Waals surface area contributed by atoms with Crippen LogP contribution in [0.2, 0.25) is 0 Å². The van der Waals surface area contributed by atoms with Crippen molar-refractivity contribution in [2.45, 2.75) is 38.3 Å². The van der Waals surface area contributed by atoms with E-state index in [9.17, 15) is 14.4 Å². The van der Waals surface area contributed by atoms with Crippen molar-refractivity contribution < 1.29 is 19.0 Å². The van der Waals surface area contributed by atoms with Gasteiger partial charge in [0.15, 0.2) is 17.5 Å². The molecule has 158 valence electrons. The summed E-state index contributed by atoms with van der Waals surface area (Å²) in [4.78, 5) is 19.4. The lowest BCUT2D eigenvalue weighted by atomic mass is 9.77. The molecule has 2 aromatic rings. The minimum atomic E-state index is -1.14. The average molecular weight is 414 g/mol. The summed E-state index contributed by atoms with van der Waals surface area (Å²) >= 11 is 0. The van der Waals surface area contributed by atoms with Gasteiger partial charge in [0.25, 0.3) is 0 Å². The summed E-state index contributed by atoms with van der Waals surface area (Å²) in [6, 6.07) is 5.53. The third kappa shape index (κ3) is 4.86. The van der Waals surface area contributed by atoms with Gasteiger partial charge < -0.3 is 25.8 Å². The minimum Gasteiger partial charge on any atom is -0.481 e. The molecule has 1 fully saturated rings. The lowest BCUT2D eigenvalue weighted by molar-refractivity contribution is 0.180. The molecule has 0 spiro atoms. The van der Waals surface area contributed by atoms with Crippen LogP contribution < -0.4 is 20.7 Å². The van der Waals surface area contributed by atoms with E-state index in [1.54, 1.807) is 19.1 Å². The number of aromatic nitrogens is 2. The van der Waals surface area contributed by atoms with E-state index in [4.69, 9.17) is 9.84 Å². The quantitative estimate of drug-likeness (QED) is 0.516. The molecule has 1 saturated carbocycles. The number of rotatable bonds is 8. The molecule has 1 aliphatic carbocycles. The maximum absolute atomic E-state index is 14.7. The lowest BCUT2D eigenvalue weighted by Crippen LogP contribution is -2.50. The van der Waals surface area contributed by atoms with E-state index in [1.807, 2.05) is 6.07 Å². The average Bonchev–Trinajstić information content (AvgIpc) is 2.67. The number of carbonyl (C=O) groups is 1. The summed E-state index contributed by atoms with van der Waals surface area (Å²) in [6.07, 6.45) is 3.27. The molecule has 0 aliphatic heterocycles. The van der Waals surface area contributed by atoms with Gasteiger partial charge in [0.05, 0.1) is 18.7 Å². The van der Waals surface area contributed by atoms with Crippen LogP contribution in [0.4, 0.5) is 26.5 Å². The monoisotopic (exact) mass is 414 g/mol. The Bertz CT molecular complexity index is 960.